The van der Waals surface area contributed by atoms with Crippen LogP contribution < -0.4 is 10.5 Å². The van der Waals surface area contributed by atoms with Gasteiger partial charge in [0.2, 0.25) is 0 Å². The van der Waals surface area contributed by atoms with Crippen molar-refractivity contribution in [3.05, 3.63) is 35.5 Å². The lowest BCUT2D eigenvalue weighted by Crippen LogP contribution is -1.98. The number of nitrogens with two attached hydrogens (primary N) is 1. The first-order valence-electron chi connectivity index (χ1n) is 7.73. The molecule has 2 aromatic rings. The number of rotatable bonds is 8. The van der Waals surface area contributed by atoms with Crippen LogP contribution in [0.15, 0.2) is 24.3 Å². The highest BCUT2D eigenvalue weighted by Crippen LogP contribution is 2.25. The summed E-state index contributed by atoms with van der Waals surface area (Å²) in [4.78, 5) is 0. The standard InChI is InChI=1S/C17H25N3O/c1-3-4-5-6-11-21-15-9-7-14(8-10-15)17-13(2)16(12-18)19-20-17/h7-10H,3-6,11-12,18H2,1-2H3,(H,19,20). The van der Waals surface area contributed by atoms with Crippen molar-refractivity contribution >= 4 is 0 Å². The maximum Gasteiger partial charge on any atom is 0.119 e. The number of H-pyrrole nitrogens is 1. The number of ether oxygens (including phenoxy) is 1. The molecule has 1 heterocycles. The highest BCUT2D eigenvalue weighted by atomic mass is 16.5. The van der Waals surface area contributed by atoms with E-state index in [0.29, 0.717) is 6.54 Å². The van der Waals surface area contributed by atoms with Crippen LogP contribution in [0.25, 0.3) is 11.3 Å². The van der Waals surface area contributed by atoms with Crippen LogP contribution in [0, 0.1) is 6.92 Å². The maximum atomic E-state index is 5.75. The summed E-state index contributed by atoms with van der Waals surface area (Å²) in [5, 5.41) is 7.32. The summed E-state index contributed by atoms with van der Waals surface area (Å²) in [6, 6.07) is 8.10. The Kier molecular flexibility index (Phi) is 5.81. The van der Waals surface area contributed by atoms with Gasteiger partial charge in [-0.05, 0) is 43.2 Å². The summed E-state index contributed by atoms with van der Waals surface area (Å²) in [6.45, 7) is 5.53. The van der Waals surface area contributed by atoms with Gasteiger partial charge in [0, 0.05) is 12.1 Å². The van der Waals surface area contributed by atoms with E-state index in [4.69, 9.17) is 10.5 Å². The number of hydrogen-bond acceptors (Lipinski definition) is 3. The molecular weight excluding hydrogens is 262 g/mol. The fraction of sp³-hybridized carbons (Fsp3) is 0.471. The predicted molar refractivity (Wildman–Crippen MR) is 86.3 cm³/mol. The van der Waals surface area contributed by atoms with Crippen LogP contribution >= 0.6 is 0 Å². The molecule has 4 nitrogen and oxygen atoms in total. The van der Waals surface area contributed by atoms with Gasteiger partial charge in [-0.3, -0.25) is 5.10 Å². The Morgan fingerprint density at radius 3 is 2.52 bits per heavy atom. The Morgan fingerprint density at radius 2 is 1.90 bits per heavy atom. The summed E-state index contributed by atoms with van der Waals surface area (Å²) in [5.41, 5.74) is 9.82. The van der Waals surface area contributed by atoms with Crippen LogP contribution in [0.1, 0.15) is 43.9 Å². The molecule has 3 N–H and O–H groups in total. The van der Waals surface area contributed by atoms with E-state index in [1.54, 1.807) is 0 Å². The van der Waals surface area contributed by atoms with Gasteiger partial charge in [-0.25, -0.2) is 0 Å². The fourth-order valence-corrected chi connectivity index (χ4v) is 2.34. The molecule has 0 saturated carbocycles. The average Bonchev–Trinajstić information content (AvgIpc) is 2.88. The topological polar surface area (TPSA) is 63.9 Å². The molecule has 1 aromatic carbocycles. The average molecular weight is 287 g/mol. The highest BCUT2D eigenvalue weighted by Gasteiger charge is 2.09. The molecule has 0 atom stereocenters. The number of unbranched alkanes of at least 4 members (excludes halogenated alkanes) is 3. The Morgan fingerprint density at radius 1 is 1.14 bits per heavy atom. The lowest BCUT2D eigenvalue weighted by atomic mass is 10.1. The third kappa shape index (κ3) is 4.08. The van der Waals surface area contributed by atoms with Crippen LogP contribution in [-0.2, 0) is 6.54 Å². The first-order chi connectivity index (χ1) is 10.3. The summed E-state index contributed by atoms with van der Waals surface area (Å²) < 4.78 is 5.75. The van der Waals surface area contributed by atoms with E-state index in [2.05, 4.69) is 17.1 Å². The molecule has 0 radical (unpaired) electrons. The summed E-state index contributed by atoms with van der Waals surface area (Å²) >= 11 is 0. The zero-order chi connectivity index (χ0) is 15.1. The quantitative estimate of drug-likeness (QED) is 0.726. The number of hydrogen-bond donors (Lipinski definition) is 2. The van der Waals surface area contributed by atoms with Gasteiger partial charge in [0.05, 0.1) is 18.0 Å². The molecule has 21 heavy (non-hydrogen) atoms. The minimum atomic E-state index is 0.484. The lowest BCUT2D eigenvalue weighted by Gasteiger charge is -2.07. The molecule has 0 aliphatic rings. The van der Waals surface area contributed by atoms with Crippen molar-refractivity contribution in [1.82, 2.24) is 10.2 Å². The molecule has 2 rings (SSSR count). The van der Waals surface area contributed by atoms with Crippen LogP contribution in [0.3, 0.4) is 0 Å². The Balaban J connectivity index is 1.94. The zero-order valence-electron chi connectivity index (χ0n) is 13.0. The molecule has 114 valence electrons. The molecule has 0 bridgehead atoms. The SMILES string of the molecule is CCCCCCOc1ccc(-c2n[nH]c(CN)c2C)cc1. The number of nitrogens with zero attached hydrogens (tertiary/aromatic N) is 1. The van der Waals surface area contributed by atoms with E-state index >= 15 is 0 Å². The van der Waals surface area contributed by atoms with E-state index in [9.17, 15) is 0 Å². The van der Waals surface area contributed by atoms with Crippen LogP contribution in [0.4, 0.5) is 0 Å². The Hall–Kier alpha value is -1.81. The Labute approximate surface area is 126 Å². The second-order valence-electron chi connectivity index (χ2n) is 5.31. The van der Waals surface area contributed by atoms with Crippen molar-refractivity contribution in [2.45, 2.75) is 46.1 Å². The maximum absolute atomic E-state index is 5.75. The second kappa shape index (κ2) is 7.84. The van der Waals surface area contributed by atoms with Gasteiger partial charge >= 0.3 is 0 Å². The van der Waals surface area contributed by atoms with Crippen molar-refractivity contribution < 1.29 is 4.74 Å². The van der Waals surface area contributed by atoms with Gasteiger partial charge in [-0.15, -0.1) is 0 Å². The lowest BCUT2D eigenvalue weighted by molar-refractivity contribution is 0.305. The third-order valence-corrected chi connectivity index (χ3v) is 3.71. The smallest absolute Gasteiger partial charge is 0.119 e. The highest BCUT2D eigenvalue weighted by molar-refractivity contribution is 5.64. The van der Waals surface area contributed by atoms with Gasteiger partial charge in [0.15, 0.2) is 0 Å². The molecule has 0 aliphatic carbocycles. The molecule has 0 amide bonds. The molecular formula is C17H25N3O. The van der Waals surface area contributed by atoms with Gasteiger partial charge in [-0.2, -0.15) is 5.10 Å². The van der Waals surface area contributed by atoms with Crippen molar-refractivity contribution in [3.63, 3.8) is 0 Å². The molecule has 0 fully saturated rings. The molecule has 0 spiro atoms. The van der Waals surface area contributed by atoms with Crippen molar-refractivity contribution in [3.8, 4) is 17.0 Å². The summed E-state index contributed by atoms with van der Waals surface area (Å²) in [5.74, 6) is 0.919. The molecule has 4 heteroatoms. The van der Waals surface area contributed by atoms with Gasteiger partial charge in [0.25, 0.3) is 0 Å². The Bertz CT molecular complexity index is 546. The van der Waals surface area contributed by atoms with Gasteiger partial charge in [-0.1, -0.05) is 26.2 Å². The summed E-state index contributed by atoms with van der Waals surface area (Å²) in [7, 11) is 0. The van der Waals surface area contributed by atoms with Gasteiger partial charge < -0.3 is 10.5 Å². The van der Waals surface area contributed by atoms with Gasteiger partial charge in [0.1, 0.15) is 5.75 Å². The number of nitrogens with one attached hydrogen (secondary N) is 1. The minimum Gasteiger partial charge on any atom is -0.494 e. The monoisotopic (exact) mass is 287 g/mol. The number of aromatic nitrogens is 2. The fourth-order valence-electron chi connectivity index (χ4n) is 2.34. The normalized spacial score (nSPS) is 10.8. The summed E-state index contributed by atoms with van der Waals surface area (Å²) in [6.07, 6.45) is 4.89. The van der Waals surface area contributed by atoms with Crippen LogP contribution in [0.2, 0.25) is 0 Å². The van der Waals surface area contributed by atoms with Crippen molar-refractivity contribution in [2.75, 3.05) is 6.61 Å². The predicted octanol–water partition coefficient (Wildman–Crippen LogP) is 3.80. The zero-order valence-corrected chi connectivity index (χ0v) is 13.0. The largest absolute Gasteiger partial charge is 0.494 e. The van der Waals surface area contributed by atoms with Crippen molar-refractivity contribution in [1.29, 1.82) is 0 Å². The molecule has 1 aromatic heterocycles. The van der Waals surface area contributed by atoms with E-state index in [1.165, 1.54) is 19.3 Å². The number of aromatic amines is 1. The molecule has 0 unspecified atom stereocenters. The second-order valence-corrected chi connectivity index (χ2v) is 5.31. The van der Waals surface area contributed by atoms with E-state index in [1.807, 2.05) is 31.2 Å². The minimum absolute atomic E-state index is 0.484. The molecule has 0 aliphatic heterocycles. The van der Waals surface area contributed by atoms with Crippen LogP contribution in [0.5, 0.6) is 5.75 Å². The van der Waals surface area contributed by atoms with Crippen LogP contribution in [-0.4, -0.2) is 16.8 Å². The van der Waals surface area contributed by atoms with E-state index in [0.717, 1.165) is 41.3 Å². The third-order valence-electron chi connectivity index (χ3n) is 3.71. The van der Waals surface area contributed by atoms with E-state index in [-0.39, 0.29) is 0 Å². The van der Waals surface area contributed by atoms with Crippen molar-refractivity contribution in [2.24, 2.45) is 5.73 Å². The first-order valence-corrected chi connectivity index (χ1v) is 7.73. The number of benzene rings is 1. The van der Waals surface area contributed by atoms with E-state index < -0.39 is 0 Å². The first kappa shape index (κ1) is 15.6. The molecule has 0 saturated heterocycles.